The van der Waals surface area contributed by atoms with E-state index in [2.05, 4.69) is 26.2 Å². The number of carbonyl (C=O) groups excluding carboxylic acids is 1. The lowest BCUT2D eigenvalue weighted by molar-refractivity contribution is -0.384. The number of nitrogens with zero attached hydrogens (tertiary/aromatic N) is 2. The predicted molar refractivity (Wildman–Crippen MR) is 73.0 cm³/mol. The summed E-state index contributed by atoms with van der Waals surface area (Å²) in [5.74, 6) is -0.308. The first-order valence-corrected chi connectivity index (χ1v) is 6.02. The van der Waals surface area contributed by atoms with E-state index >= 15 is 0 Å². The number of aromatic nitrogens is 1. The minimum atomic E-state index is -0.501. The van der Waals surface area contributed by atoms with Crippen LogP contribution in [0.3, 0.4) is 0 Å². The number of nitro benzene ring substituents is 1. The zero-order valence-electron chi connectivity index (χ0n) is 9.54. The Labute approximate surface area is 116 Å². The molecule has 0 saturated carbocycles. The fraction of sp³-hybridized carbons (Fsp3) is 0. The number of hydrogen-bond donors (Lipinski definition) is 1. The van der Waals surface area contributed by atoms with Crippen molar-refractivity contribution < 1.29 is 9.72 Å². The largest absolute Gasteiger partial charge is 0.321 e. The van der Waals surface area contributed by atoms with Crippen molar-refractivity contribution in [3.05, 3.63) is 62.9 Å². The molecule has 0 bridgehead atoms. The van der Waals surface area contributed by atoms with E-state index in [1.807, 2.05) is 0 Å². The highest BCUT2D eigenvalue weighted by atomic mass is 79.9. The minimum Gasteiger partial charge on any atom is -0.321 e. The number of non-ortho nitro benzene ring substituents is 1. The van der Waals surface area contributed by atoms with Gasteiger partial charge in [-0.2, -0.15) is 0 Å². The van der Waals surface area contributed by atoms with E-state index in [1.165, 1.54) is 30.6 Å². The molecule has 96 valence electrons. The van der Waals surface area contributed by atoms with Crippen LogP contribution in [-0.4, -0.2) is 15.8 Å². The first-order chi connectivity index (χ1) is 9.08. The van der Waals surface area contributed by atoms with Gasteiger partial charge in [0.2, 0.25) is 0 Å². The number of halogens is 1. The molecule has 2 rings (SSSR count). The molecule has 0 unspecified atom stereocenters. The van der Waals surface area contributed by atoms with E-state index in [0.717, 1.165) is 0 Å². The second-order valence-electron chi connectivity index (χ2n) is 3.61. The summed E-state index contributed by atoms with van der Waals surface area (Å²) in [5.41, 5.74) is 0.876. The molecule has 1 aromatic heterocycles. The summed E-state index contributed by atoms with van der Waals surface area (Å²) >= 11 is 3.18. The molecule has 6 nitrogen and oxygen atoms in total. The average Bonchev–Trinajstić information content (AvgIpc) is 2.41. The Bertz CT molecular complexity index is 631. The van der Waals surface area contributed by atoms with E-state index in [9.17, 15) is 14.9 Å². The summed E-state index contributed by atoms with van der Waals surface area (Å²) in [5, 5.41) is 13.3. The zero-order valence-corrected chi connectivity index (χ0v) is 11.1. The van der Waals surface area contributed by atoms with Crippen LogP contribution in [0.25, 0.3) is 0 Å². The molecule has 0 aliphatic heterocycles. The second-order valence-corrected chi connectivity index (χ2v) is 4.47. The average molecular weight is 322 g/mol. The van der Waals surface area contributed by atoms with Crippen LogP contribution < -0.4 is 5.32 Å². The van der Waals surface area contributed by atoms with Crippen molar-refractivity contribution in [2.45, 2.75) is 0 Å². The van der Waals surface area contributed by atoms with E-state index < -0.39 is 4.92 Å². The molecule has 2 aromatic rings. The van der Waals surface area contributed by atoms with E-state index in [0.29, 0.717) is 15.7 Å². The van der Waals surface area contributed by atoms with Crippen LogP contribution in [0.5, 0.6) is 0 Å². The molecule has 0 spiro atoms. The molecule has 7 heteroatoms. The van der Waals surface area contributed by atoms with Crippen molar-refractivity contribution in [2.75, 3.05) is 5.32 Å². The standard InChI is InChI=1S/C12H8BrN3O3/c13-10-7-9(16(18)19)1-2-11(10)15-12(17)8-3-5-14-6-4-8/h1-7H,(H,15,17). The van der Waals surface area contributed by atoms with Crippen LogP contribution in [0, 0.1) is 10.1 Å². The van der Waals surface area contributed by atoms with Crippen molar-refractivity contribution in [1.82, 2.24) is 4.98 Å². The lowest BCUT2D eigenvalue weighted by atomic mass is 10.2. The maximum absolute atomic E-state index is 11.9. The van der Waals surface area contributed by atoms with Crippen LogP contribution >= 0.6 is 15.9 Å². The third-order valence-electron chi connectivity index (χ3n) is 2.35. The molecule has 0 fully saturated rings. The number of hydrogen-bond acceptors (Lipinski definition) is 4. The highest BCUT2D eigenvalue weighted by Gasteiger charge is 2.12. The van der Waals surface area contributed by atoms with Gasteiger partial charge in [-0.05, 0) is 34.1 Å². The number of pyridine rings is 1. The van der Waals surface area contributed by atoms with Gasteiger partial charge in [-0.3, -0.25) is 19.9 Å². The number of carbonyl (C=O) groups is 1. The molecule has 1 amide bonds. The second kappa shape index (κ2) is 5.57. The van der Waals surface area contributed by atoms with E-state index in [1.54, 1.807) is 12.1 Å². The maximum Gasteiger partial charge on any atom is 0.270 e. The van der Waals surface area contributed by atoms with Gasteiger partial charge in [0.05, 0.1) is 10.6 Å². The number of amides is 1. The molecule has 0 radical (unpaired) electrons. The lowest BCUT2D eigenvalue weighted by Gasteiger charge is -2.06. The van der Waals surface area contributed by atoms with Crippen molar-refractivity contribution in [3.8, 4) is 0 Å². The normalized spacial score (nSPS) is 9.95. The van der Waals surface area contributed by atoms with Gasteiger partial charge >= 0.3 is 0 Å². The van der Waals surface area contributed by atoms with Crippen molar-refractivity contribution in [3.63, 3.8) is 0 Å². The number of nitro groups is 1. The smallest absolute Gasteiger partial charge is 0.270 e. The van der Waals surface area contributed by atoms with Crippen molar-refractivity contribution >= 4 is 33.2 Å². The Hall–Kier alpha value is -2.28. The number of benzene rings is 1. The molecule has 19 heavy (non-hydrogen) atoms. The molecule has 1 aromatic carbocycles. The summed E-state index contributed by atoms with van der Waals surface area (Å²) in [6.45, 7) is 0. The minimum absolute atomic E-state index is 0.0474. The van der Waals surface area contributed by atoms with Crippen LogP contribution in [-0.2, 0) is 0 Å². The summed E-state index contributed by atoms with van der Waals surface area (Å²) in [6, 6.07) is 7.29. The van der Waals surface area contributed by atoms with Gasteiger partial charge in [-0.25, -0.2) is 0 Å². The topological polar surface area (TPSA) is 85.1 Å². The van der Waals surface area contributed by atoms with Crippen LogP contribution in [0.4, 0.5) is 11.4 Å². The molecule has 1 heterocycles. The van der Waals surface area contributed by atoms with E-state index in [-0.39, 0.29) is 11.6 Å². The lowest BCUT2D eigenvalue weighted by Crippen LogP contribution is -2.12. The highest BCUT2D eigenvalue weighted by Crippen LogP contribution is 2.27. The SMILES string of the molecule is O=C(Nc1ccc([N+](=O)[O-])cc1Br)c1ccncc1. The van der Waals surface area contributed by atoms with Gasteiger partial charge in [-0.1, -0.05) is 0 Å². The van der Waals surface area contributed by atoms with Gasteiger partial charge in [-0.15, -0.1) is 0 Å². The van der Waals surface area contributed by atoms with Gasteiger partial charge < -0.3 is 5.32 Å². The van der Waals surface area contributed by atoms with Crippen molar-refractivity contribution in [1.29, 1.82) is 0 Å². The van der Waals surface area contributed by atoms with E-state index in [4.69, 9.17) is 0 Å². The number of anilines is 1. The highest BCUT2D eigenvalue weighted by molar-refractivity contribution is 9.10. The van der Waals surface area contributed by atoms with Gasteiger partial charge in [0.25, 0.3) is 11.6 Å². The summed E-state index contributed by atoms with van der Waals surface area (Å²) in [6.07, 6.45) is 3.03. The Morgan fingerprint density at radius 1 is 1.26 bits per heavy atom. The monoisotopic (exact) mass is 321 g/mol. The van der Waals surface area contributed by atoms with Crippen LogP contribution in [0.15, 0.2) is 47.2 Å². The van der Waals surface area contributed by atoms with Gasteiger partial charge in [0.1, 0.15) is 0 Å². The molecule has 0 aliphatic carbocycles. The van der Waals surface area contributed by atoms with Gasteiger partial charge in [0.15, 0.2) is 0 Å². The first kappa shape index (κ1) is 13.2. The summed E-state index contributed by atoms with van der Waals surface area (Å²) < 4.78 is 0.448. The Morgan fingerprint density at radius 3 is 2.53 bits per heavy atom. The Morgan fingerprint density at radius 2 is 1.95 bits per heavy atom. The predicted octanol–water partition coefficient (Wildman–Crippen LogP) is 3.00. The fourth-order valence-electron chi connectivity index (χ4n) is 1.42. The fourth-order valence-corrected chi connectivity index (χ4v) is 1.88. The first-order valence-electron chi connectivity index (χ1n) is 5.23. The molecular formula is C12H8BrN3O3. The molecule has 0 aliphatic rings. The molecular weight excluding hydrogens is 314 g/mol. The van der Waals surface area contributed by atoms with Crippen molar-refractivity contribution in [2.24, 2.45) is 0 Å². The molecule has 1 N–H and O–H groups in total. The molecule has 0 saturated heterocycles. The molecule has 0 atom stereocenters. The number of nitrogens with one attached hydrogen (secondary N) is 1. The maximum atomic E-state index is 11.9. The number of rotatable bonds is 3. The zero-order chi connectivity index (χ0) is 13.8. The Balaban J connectivity index is 2.20. The van der Waals surface area contributed by atoms with Crippen LogP contribution in [0.2, 0.25) is 0 Å². The Kier molecular flexibility index (Phi) is 3.86. The third-order valence-corrected chi connectivity index (χ3v) is 3.01. The quantitative estimate of drug-likeness (QED) is 0.695. The summed E-state index contributed by atoms with van der Waals surface area (Å²) in [4.78, 5) is 25.8. The van der Waals surface area contributed by atoms with Crippen LogP contribution in [0.1, 0.15) is 10.4 Å². The summed E-state index contributed by atoms with van der Waals surface area (Å²) in [7, 11) is 0. The van der Waals surface area contributed by atoms with Gasteiger partial charge in [0, 0.05) is 34.6 Å². The third kappa shape index (κ3) is 3.14.